The number of aromatic nitrogens is 3. The molecule has 1 fully saturated rings. The highest BCUT2D eigenvalue weighted by molar-refractivity contribution is 7.99. The number of pyridine rings is 2. The van der Waals surface area contributed by atoms with Crippen molar-refractivity contribution in [3.8, 4) is 23.3 Å². The van der Waals surface area contributed by atoms with Gasteiger partial charge in [-0.05, 0) is 42.8 Å². The summed E-state index contributed by atoms with van der Waals surface area (Å²) in [6.07, 6.45) is 5.50. The van der Waals surface area contributed by atoms with Gasteiger partial charge >= 0.3 is 0 Å². The van der Waals surface area contributed by atoms with E-state index in [4.69, 9.17) is 0 Å². The van der Waals surface area contributed by atoms with E-state index in [1.165, 1.54) is 30.1 Å². The van der Waals surface area contributed by atoms with Gasteiger partial charge in [-0.1, -0.05) is 11.8 Å². The van der Waals surface area contributed by atoms with Gasteiger partial charge in [0.05, 0.1) is 28.9 Å². The van der Waals surface area contributed by atoms with Crippen LogP contribution in [-0.2, 0) is 0 Å². The largest absolute Gasteiger partial charge is 0.391 e. The number of hydrogen-bond donors (Lipinski definition) is 1. The fraction of sp³-hybridized carbons (Fsp3) is 0.167. The van der Waals surface area contributed by atoms with Gasteiger partial charge in [0.1, 0.15) is 23.8 Å². The fourth-order valence-corrected chi connectivity index (χ4v) is 4.97. The van der Waals surface area contributed by atoms with Gasteiger partial charge in [0.15, 0.2) is 0 Å². The van der Waals surface area contributed by atoms with Gasteiger partial charge in [0, 0.05) is 46.4 Å². The van der Waals surface area contributed by atoms with Gasteiger partial charge in [0.2, 0.25) is 0 Å². The average Bonchev–Trinajstić information content (AvgIpc) is 3.46. The number of aliphatic hydroxyl groups excluding tert-OH is 1. The van der Waals surface area contributed by atoms with Crippen molar-refractivity contribution in [3.63, 3.8) is 0 Å². The molecular formula is C24H17FN6OS. The van der Waals surface area contributed by atoms with Gasteiger partial charge < -0.3 is 10.0 Å². The third kappa shape index (κ3) is 4.00. The highest BCUT2D eigenvalue weighted by Gasteiger charge is 2.21. The minimum Gasteiger partial charge on any atom is -0.391 e. The first-order valence-corrected chi connectivity index (χ1v) is 11.1. The van der Waals surface area contributed by atoms with Crippen molar-refractivity contribution in [2.45, 2.75) is 22.3 Å². The molecule has 33 heavy (non-hydrogen) atoms. The molecule has 4 aromatic rings. The number of anilines is 1. The Labute approximate surface area is 193 Å². The second kappa shape index (κ2) is 8.55. The lowest BCUT2D eigenvalue weighted by Gasteiger charge is -2.17. The molecule has 1 atom stereocenters. The summed E-state index contributed by atoms with van der Waals surface area (Å²) in [5.41, 5.74) is 2.94. The van der Waals surface area contributed by atoms with Crippen molar-refractivity contribution in [2.24, 2.45) is 0 Å². The topological polar surface area (TPSA) is 101 Å². The van der Waals surface area contributed by atoms with Crippen LogP contribution in [0.3, 0.4) is 0 Å². The van der Waals surface area contributed by atoms with E-state index in [0.717, 1.165) is 34.8 Å². The van der Waals surface area contributed by atoms with Gasteiger partial charge in [0.25, 0.3) is 0 Å². The van der Waals surface area contributed by atoms with Crippen LogP contribution in [0.5, 0.6) is 0 Å². The zero-order valence-electron chi connectivity index (χ0n) is 17.3. The van der Waals surface area contributed by atoms with Crippen LogP contribution >= 0.6 is 11.8 Å². The first kappa shape index (κ1) is 21.0. The van der Waals surface area contributed by atoms with E-state index in [-0.39, 0.29) is 11.7 Å². The van der Waals surface area contributed by atoms with Gasteiger partial charge in [-0.3, -0.25) is 0 Å². The minimum absolute atomic E-state index is 0.223. The Morgan fingerprint density at radius 3 is 2.58 bits per heavy atom. The molecule has 0 saturated carbocycles. The smallest absolute Gasteiger partial charge is 0.128 e. The SMILES string of the molecule is N#Cc1cc(F)ccc1Sc1cc(-c2ccc(N3CC[C@@H](O)C3)nc2)cn2ncc(C#N)c12. The Bertz CT molecular complexity index is 1440. The molecule has 1 aromatic carbocycles. The lowest BCUT2D eigenvalue weighted by molar-refractivity contribution is 0.198. The zero-order valence-corrected chi connectivity index (χ0v) is 18.1. The number of halogens is 1. The second-order valence-electron chi connectivity index (χ2n) is 7.70. The van der Waals surface area contributed by atoms with E-state index < -0.39 is 5.82 Å². The first-order valence-electron chi connectivity index (χ1n) is 10.2. The molecule has 1 N–H and O–H groups in total. The van der Waals surface area contributed by atoms with Crippen molar-refractivity contribution in [1.29, 1.82) is 10.5 Å². The highest BCUT2D eigenvalue weighted by atomic mass is 32.2. The summed E-state index contributed by atoms with van der Waals surface area (Å²) in [6, 6.07) is 14.0. The summed E-state index contributed by atoms with van der Waals surface area (Å²) in [6.45, 7) is 1.34. The van der Waals surface area contributed by atoms with E-state index in [1.807, 2.05) is 35.4 Å². The van der Waals surface area contributed by atoms with Crippen molar-refractivity contribution in [2.75, 3.05) is 18.0 Å². The van der Waals surface area contributed by atoms with E-state index in [0.29, 0.717) is 22.5 Å². The summed E-state index contributed by atoms with van der Waals surface area (Å²) in [5, 5.41) is 33.1. The van der Waals surface area contributed by atoms with Crippen LogP contribution in [-0.4, -0.2) is 38.9 Å². The van der Waals surface area contributed by atoms with Crippen LogP contribution in [0.1, 0.15) is 17.5 Å². The Kier molecular flexibility index (Phi) is 5.43. The first-order chi connectivity index (χ1) is 16.1. The third-order valence-electron chi connectivity index (χ3n) is 5.55. The number of rotatable bonds is 4. The van der Waals surface area contributed by atoms with E-state index in [1.54, 1.807) is 16.8 Å². The lowest BCUT2D eigenvalue weighted by Crippen LogP contribution is -2.21. The number of benzene rings is 1. The Hall–Kier alpha value is -3.92. The van der Waals surface area contributed by atoms with Crippen LogP contribution in [0.4, 0.5) is 10.2 Å². The molecule has 0 bridgehead atoms. The van der Waals surface area contributed by atoms with Crippen molar-refractivity contribution in [3.05, 3.63) is 71.9 Å². The molecule has 0 spiro atoms. The number of aliphatic hydroxyl groups is 1. The van der Waals surface area contributed by atoms with E-state index in [9.17, 15) is 20.0 Å². The molecule has 9 heteroatoms. The van der Waals surface area contributed by atoms with Crippen molar-refractivity contribution >= 4 is 23.1 Å². The van der Waals surface area contributed by atoms with Crippen LogP contribution in [0.2, 0.25) is 0 Å². The summed E-state index contributed by atoms with van der Waals surface area (Å²) < 4.78 is 15.2. The lowest BCUT2D eigenvalue weighted by atomic mass is 10.1. The summed E-state index contributed by atoms with van der Waals surface area (Å²) in [4.78, 5) is 7.92. The Morgan fingerprint density at radius 2 is 1.88 bits per heavy atom. The number of fused-ring (bicyclic) bond motifs is 1. The molecule has 1 aliphatic rings. The van der Waals surface area contributed by atoms with Crippen LogP contribution in [0, 0.1) is 28.5 Å². The van der Waals surface area contributed by atoms with Gasteiger partial charge in [-0.15, -0.1) is 0 Å². The molecular weight excluding hydrogens is 439 g/mol. The van der Waals surface area contributed by atoms with Crippen LogP contribution < -0.4 is 4.90 Å². The van der Waals surface area contributed by atoms with Crippen LogP contribution in [0.25, 0.3) is 16.6 Å². The molecule has 0 radical (unpaired) electrons. The maximum Gasteiger partial charge on any atom is 0.128 e. The molecule has 162 valence electrons. The zero-order chi connectivity index (χ0) is 22.9. The normalized spacial score (nSPS) is 15.5. The van der Waals surface area contributed by atoms with Crippen molar-refractivity contribution < 1.29 is 9.50 Å². The second-order valence-corrected chi connectivity index (χ2v) is 8.79. The number of β-amino-alcohol motifs (C(OH)–C–C–N with tert-alkyl or cyclic N) is 1. The van der Waals surface area contributed by atoms with E-state index in [2.05, 4.69) is 16.2 Å². The predicted molar refractivity (Wildman–Crippen MR) is 121 cm³/mol. The molecule has 0 aliphatic carbocycles. The quantitative estimate of drug-likeness (QED) is 0.495. The molecule has 0 amide bonds. The average molecular weight is 457 g/mol. The third-order valence-corrected chi connectivity index (χ3v) is 6.65. The minimum atomic E-state index is -0.478. The molecule has 0 unspecified atom stereocenters. The van der Waals surface area contributed by atoms with Gasteiger partial charge in [-0.25, -0.2) is 13.9 Å². The van der Waals surface area contributed by atoms with E-state index >= 15 is 0 Å². The highest BCUT2D eigenvalue weighted by Crippen LogP contribution is 2.37. The number of hydrogen-bond acceptors (Lipinski definition) is 7. The van der Waals surface area contributed by atoms with Crippen molar-refractivity contribution in [1.82, 2.24) is 14.6 Å². The Morgan fingerprint density at radius 1 is 1.03 bits per heavy atom. The Balaban J connectivity index is 1.56. The number of nitrogens with zero attached hydrogens (tertiary/aromatic N) is 6. The maximum atomic E-state index is 13.6. The molecule has 4 heterocycles. The summed E-state index contributed by atoms with van der Waals surface area (Å²) >= 11 is 1.29. The standard InChI is InChI=1S/C24H17FN6OS/c25-19-2-3-21(16(7-19)9-26)33-22-8-17(13-31-24(22)18(10-27)12-29-31)15-1-4-23(28-11-15)30-6-5-20(32)14-30/h1-4,7-8,11-13,20,32H,5-6,14H2/t20-/m1/s1. The number of nitriles is 2. The van der Waals surface area contributed by atoms with Crippen LogP contribution in [0.15, 0.2) is 64.8 Å². The molecule has 5 rings (SSSR count). The fourth-order valence-electron chi connectivity index (χ4n) is 3.89. The molecule has 7 nitrogen and oxygen atoms in total. The molecule has 1 saturated heterocycles. The van der Waals surface area contributed by atoms with Gasteiger partial charge in [-0.2, -0.15) is 15.6 Å². The predicted octanol–water partition coefficient (Wildman–Crippen LogP) is 4.00. The summed E-state index contributed by atoms with van der Waals surface area (Å²) in [5.74, 6) is 0.329. The monoisotopic (exact) mass is 456 g/mol. The maximum absolute atomic E-state index is 13.6. The molecule has 3 aromatic heterocycles. The summed E-state index contributed by atoms with van der Waals surface area (Å²) in [7, 11) is 0. The molecule has 1 aliphatic heterocycles.